The zero-order chi connectivity index (χ0) is 5.98. The summed E-state index contributed by atoms with van der Waals surface area (Å²) < 4.78 is 0. The fraction of sp³-hybridized carbons (Fsp3) is 0.600. The van der Waals surface area contributed by atoms with E-state index in [9.17, 15) is 4.79 Å². The predicted molar refractivity (Wildman–Crippen MR) is 27.8 cm³/mol. The molecule has 0 aliphatic carbocycles. The van der Waals surface area contributed by atoms with E-state index in [0.29, 0.717) is 12.2 Å². The Morgan fingerprint density at radius 1 is 2.00 bits per heavy atom. The zero-order valence-electron chi connectivity index (χ0n) is 4.60. The molecule has 8 heavy (non-hydrogen) atoms. The SMILES string of the molecule is CC1NOCC1=C=O. The zero-order valence-corrected chi connectivity index (χ0v) is 4.60. The first-order chi connectivity index (χ1) is 3.84. The molecular formula is C5H7NO2. The average molecular weight is 113 g/mol. The van der Waals surface area contributed by atoms with Gasteiger partial charge in [0.25, 0.3) is 0 Å². The molecule has 0 aromatic rings. The molecule has 3 nitrogen and oxygen atoms in total. The van der Waals surface area contributed by atoms with E-state index in [4.69, 9.17) is 4.84 Å². The third kappa shape index (κ3) is 0.793. The van der Waals surface area contributed by atoms with E-state index in [1.807, 2.05) is 6.92 Å². The van der Waals surface area contributed by atoms with Gasteiger partial charge in [-0.1, -0.05) is 0 Å². The molecular weight excluding hydrogens is 106 g/mol. The van der Waals surface area contributed by atoms with E-state index in [2.05, 4.69) is 5.48 Å². The average Bonchev–Trinajstić information content (AvgIpc) is 2.14. The molecule has 0 aromatic heterocycles. The Labute approximate surface area is 47.3 Å². The van der Waals surface area contributed by atoms with Crippen LogP contribution in [0.15, 0.2) is 5.57 Å². The quantitative estimate of drug-likeness (QED) is 0.437. The maximum atomic E-state index is 9.94. The van der Waals surface area contributed by atoms with Crippen molar-refractivity contribution in [1.82, 2.24) is 5.48 Å². The van der Waals surface area contributed by atoms with Gasteiger partial charge in [0, 0.05) is 0 Å². The number of hydroxylamine groups is 1. The lowest BCUT2D eigenvalue weighted by molar-refractivity contribution is 0.0925. The fourth-order valence-electron chi connectivity index (χ4n) is 0.558. The van der Waals surface area contributed by atoms with Crippen LogP contribution in [0.25, 0.3) is 0 Å². The van der Waals surface area contributed by atoms with Crippen LogP contribution in [0.2, 0.25) is 0 Å². The predicted octanol–water partition coefficient (Wildman–Crippen LogP) is -0.332. The van der Waals surface area contributed by atoms with Gasteiger partial charge in [0.2, 0.25) is 0 Å². The summed E-state index contributed by atoms with van der Waals surface area (Å²) in [5.74, 6) is 1.79. The molecule has 3 heteroatoms. The summed E-state index contributed by atoms with van der Waals surface area (Å²) in [4.78, 5) is 14.6. The molecule has 0 spiro atoms. The second-order valence-electron chi connectivity index (χ2n) is 1.76. The monoisotopic (exact) mass is 113 g/mol. The van der Waals surface area contributed by atoms with Crippen LogP contribution < -0.4 is 5.48 Å². The Bertz CT molecular complexity index is 137. The second kappa shape index (κ2) is 2.09. The van der Waals surface area contributed by atoms with Crippen LogP contribution >= 0.6 is 0 Å². The number of rotatable bonds is 0. The van der Waals surface area contributed by atoms with Crippen molar-refractivity contribution >= 4 is 5.94 Å². The summed E-state index contributed by atoms with van der Waals surface area (Å²) in [5, 5.41) is 0. The lowest BCUT2D eigenvalue weighted by Crippen LogP contribution is -2.16. The van der Waals surface area contributed by atoms with E-state index >= 15 is 0 Å². The Hall–Kier alpha value is -0.630. The highest BCUT2D eigenvalue weighted by Crippen LogP contribution is 2.03. The molecule has 0 radical (unpaired) electrons. The van der Waals surface area contributed by atoms with Crippen molar-refractivity contribution in [2.24, 2.45) is 0 Å². The van der Waals surface area contributed by atoms with Gasteiger partial charge in [-0.05, 0) is 6.92 Å². The molecule has 0 amide bonds. The smallest absolute Gasteiger partial charge is 0.127 e. The molecule has 1 rings (SSSR count). The maximum absolute atomic E-state index is 9.94. The van der Waals surface area contributed by atoms with Crippen LogP contribution in [0.5, 0.6) is 0 Å². The van der Waals surface area contributed by atoms with Crippen molar-refractivity contribution in [3.63, 3.8) is 0 Å². The van der Waals surface area contributed by atoms with Gasteiger partial charge in [-0.2, -0.15) is 5.48 Å². The Kier molecular flexibility index (Phi) is 1.44. The van der Waals surface area contributed by atoms with Crippen LogP contribution in [0.1, 0.15) is 6.92 Å². The van der Waals surface area contributed by atoms with Gasteiger partial charge in [0.05, 0.1) is 11.6 Å². The van der Waals surface area contributed by atoms with Crippen molar-refractivity contribution in [3.05, 3.63) is 5.57 Å². The minimum absolute atomic E-state index is 0.0486. The Balaban J connectivity index is 2.68. The maximum Gasteiger partial charge on any atom is 0.127 e. The third-order valence-electron chi connectivity index (χ3n) is 1.14. The normalized spacial score (nSPS) is 28.1. The molecule has 0 bridgehead atoms. The van der Waals surface area contributed by atoms with Crippen LogP contribution in [-0.2, 0) is 9.63 Å². The molecule has 1 aliphatic rings. The van der Waals surface area contributed by atoms with Crippen LogP contribution in [0.4, 0.5) is 0 Å². The van der Waals surface area contributed by atoms with Crippen molar-refractivity contribution in [3.8, 4) is 0 Å². The molecule has 0 aromatic carbocycles. The minimum atomic E-state index is 0.0486. The highest BCUT2D eigenvalue weighted by molar-refractivity contribution is 5.55. The third-order valence-corrected chi connectivity index (χ3v) is 1.14. The van der Waals surface area contributed by atoms with Gasteiger partial charge < -0.3 is 0 Å². The van der Waals surface area contributed by atoms with Gasteiger partial charge in [-0.25, -0.2) is 4.79 Å². The fourth-order valence-corrected chi connectivity index (χ4v) is 0.558. The van der Waals surface area contributed by atoms with E-state index in [-0.39, 0.29) is 6.04 Å². The molecule has 1 atom stereocenters. The van der Waals surface area contributed by atoms with Gasteiger partial charge in [0.1, 0.15) is 12.5 Å². The van der Waals surface area contributed by atoms with Crippen LogP contribution in [0, 0.1) is 0 Å². The number of carbonyl (C=O) groups excluding carboxylic acids is 1. The summed E-state index contributed by atoms with van der Waals surface area (Å²) in [7, 11) is 0. The van der Waals surface area contributed by atoms with Crippen LogP contribution in [0.3, 0.4) is 0 Å². The number of hydrogen-bond acceptors (Lipinski definition) is 3. The van der Waals surface area contributed by atoms with Crippen molar-refractivity contribution in [1.29, 1.82) is 0 Å². The lowest BCUT2D eigenvalue weighted by Gasteiger charge is -1.93. The largest absolute Gasteiger partial charge is 0.296 e. The van der Waals surface area contributed by atoms with Crippen molar-refractivity contribution < 1.29 is 9.63 Å². The van der Waals surface area contributed by atoms with Crippen molar-refractivity contribution in [2.75, 3.05) is 6.61 Å². The van der Waals surface area contributed by atoms with Crippen LogP contribution in [-0.4, -0.2) is 18.6 Å². The van der Waals surface area contributed by atoms with Gasteiger partial charge >= 0.3 is 0 Å². The summed E-state index contributed by atoms with van der Waals surface area (Å²) in [6.45, 7) is 2.23. The summed E-state index contributed by atoms with van der Waals surface area (Å²) in [5.41, 5.74) is 3.28. The topological polar surface area (TPSA) is 38.3 Å². The van der Waals surface area contributed by atoms with E-state index in [1.54, 1.807) is 5.94 Å². The molecule has 1 saturated heterocycles. The van der Waals surface area contributed by atoms with E-state index in [0.717, 1.165) is 0 Å². The highest BCUT2D eigenvalue weighted by Gasteiger charge is 2.16. The minimum Gasteiger partial charge on any atom is -0.296 e. The standard InChI is InChI=1S/C5H7NO2/c1-4-5(2-7)3-8-6-4/h4,6H,3H2,1H3. The Morgan fingerprint density at radius 3 is 3.00 bits per heavy atom. The molecule has 1 aliphatic heterocycles. The summed E-state index contributed by atoms with van der Waals surface area (Å²) in [6, 6.07) is 0.0486. The highest BCUT2D eigenvalue weighted by atomic mass is 16.7. The first kappa shape index (κ1) is 5.51. The van der Waals surface area contributed by atoms with Crippen molar-refractivity contribution in [2.45, 2.75) is 13.0 Å². The molecule has 1 heterocycles. The molecule has 1 fully saturated rings. The van der Waals surface area contributed by atoms with E-state index in [1.165, 1.54) is 0 Å². The lowest BCUT2D eigenvalue weighted by atomic mass is 10.2. The first-order valence-corrected chi connectivity index (χ1v) is 2.46. The Morgan fingerprint density at radius 2 is 2.75 bits per heavy atom. The van der Waals surface area contributed by atoms with Gasteiger partial charge in [-0.3, -0.25) is 4.84 Å². The molecule has 1 unspecified atom stereocenters. The molecule has 0 saturated carbocycles. The van der Waals surface area contributed by atoms with Gasteiger partial charge in [-0.15, -0.1) is 0 Å². The van der Waals surface area contributed by atoms with Gasteiger partial charge in [0.15, 0.2) is 0 Å². The summed E-state index contributed by atoms with van der Waals surface area (Å²) >= 11 is 0. The summed E-state index contributed by atoms with van der Waals surface area (Å²) in [6.07, 6.45) is 0. The number of nitrogens with one attached hydrogen (secondary N) is 1. The molecule has 44 valence electrons. The van der Waals surface area contributed by atoms with E-state index < -0.39 is 0 Å². The molecule has 1 N–H and O–H groups in total. The second-order valence-corrected chi connectivity index (χ2v) is 1.76. The number of hydrogen-bond donors (Lipinski definition) is 1. The first-order valence-electron chi connectivity index (χ1n) is 2.46.